The van der Waals surface area contributed by atoms with E-state index in [4.69, 9.17) is 30.2 Å². The third-order valence-corrected chi connectivity index (χ3v) is 5.80. The van der Waals surface area contributed by atoms with E-state index in [9.17, 15) is 4.79 Å². The zero-order chi connectivity index (χ0) is 19.4. The van der Waals surface area contributed by atoms with Crippen molar-refractivity contribution in [2.75, 3.05) is 19.8 Å². The largest absolute Gasteiger partial charge is 0.433 e. The van der Waals surface area contributed by atoms with Gasteiger partial charge in [-0.3, -0.25) is 13.9 Å². The van der Waals surface area contributed by atoms with Gasteiger partial charge >= 0.3 is 12.8 Å². The zero-order valence-electron chi connectivity index (χ0n) is 15.1. The van der Waals surface area contributed by atoms with Crippen molar-refractivity contribution in [3.63, 3.8) is 0 Å². The van der Waals surface area contributed by atoms with Gasteiger partial charge in [-0.2, -0.15) is 0 Å². The normalized spacial score (nSPS) is 11.5. The molecule has 0 bridgehead atoms. The van der Waals surface area contributed by atoms with Crippen LogP contribution >= 0.6 is 22.6 Å². The van der Waals surface area contributed by atoms with Crippen molar-refractivity contribution in [3.05, 3.63) is 28.2 Å². The number of nitrogens with one attached hydrogen (secondary N) is 1. The van der Waals surface area contributed by atoms with Gasteiger partial charge in [-0.1, -0.05) is 34.4 Å². The molecule has 1 rings (SSSR count). The molecule has 0 aliphatic carbocycles. The molecule has 0 spiro atoms. The molecule has 0 aromatic heterocycles. The summed E-state index contributed by atoms with van der Waals surface area (Å²) >= 11 is 8.76. The van der Waals surface area contributed by atoms with Crippen molar-refractivity contribution in [2.45, 2.75) is 33.6 Å². The maximum Gasteiger partial charge on any atom is 0.433 e. The third-order valence-electron chi connectivity index (χ3n) is 2.88. The van der Waals surface area contributed by atoms with Crippen molar-refractivity contribution in [2.24, 2.45) is 5.16 Å². The van der Waals surface area contributed by atoms with Crippen molar-refractivity contribution in [1.82, 2.24) is 5.32 Å². The fourth-order valence-corrected chi connectivity index (χ4v) is 4.23. The van der Waals surface area contributed by atoms with Crippen molar-refractivity contribution in [1.29, 1.82) is 0 Å². The highest BCUT2D eigenvalue weighted by Crippen LogP contribution is 2.50. The Hall–Kier alpha value is -0.990. The average molecular weight is 467 g/mol. The Bertz CT molecular complexity index is 650. The molecule has 1 aromatic carbocycles. The molecule has 0 saturated heterocycles. The van der Waals surface area contributed by atoms with Crippen molar-refractivity contribution in [3.8, 4) is 5.75 Å². The van der Waals surface area contributed by atoms with Crippen molar-refractivity contribution >= 4 is 46.8 Å². The number of hydrogen-bond acceptors (Lipinski definition) is 7. The van der Waals surface area contributed by atoms with E-state index in [1.165, 1.54) is 6.21 Å². The van der Waals surface area contributed by atoms with Crippen LogP contribution in [-0.4, -0.2) is 32.1 Å². The summed E-state index contributed by atoms with van der Waals surface area (Å²) in [6.45, 7) is 4.04. The molecule has 0 saturated carbocycles. The van der Waals surface area contributed by atoms with Gasteiger partial charge in [0.05, 0.1) is 19.4 Å². The molecule has 0 unspecified atom stereocenters. The Morgan fingerprint density at radius 3 is 2.62 bits per heavy atom. The van der Waals surface area contributed by atoms with Crippen LogP contribution in [0.1, 0.15) is 39.2 Å². The van der Waals surface area contributed by atoms with Gasteiger partial charge in [0.2, 0.25) is 0 Å². The molecule has 1 amide bonds. The van der Waals surface area contributed by atoms with E-state index in [2.05, 4.69) is 26.4 Å². The maximum atomic E-state index is 11.5. The second-order valence-electron chi connectivity index (χ2n) is 4.95. The Labute approximate surface area is 167 Å². The van der Waals surface area contributed by atoms with E-state index in [0.29, 0.717) is 31.1 Å². The summed E-state index contributed by atoms with van der Waals surface area (Å²) in [5.41, 5.74) is 0.564. The molecule has 7 nitrogen and oxygen atoms in total. The van der Waals surface area contributed by atoms with Crippen LogP contribution in [0.5, 0.6) is 5.75 Å². The number of unbranched alkanes of at least 4 members (excludes halogenated alkanes) is 1. The number of amides is 1. The Morgan fingerprint density at radius 2 is 2.00 bits per heavy atom. The highest BCUT2D eigenvalue weighted by atomic mass is 79.9. The quantitative estimate of drug-likeness (QED) is 0.163. The van der Waals surface area contributed by atoms with Crippen LogP contribution < -0.4 is 9.84 Å². The lowest BCUT2D eigenvalue weighted by molar-refractivity contribution is 0.151. The monoisotopic (exact) mass is 466 g/mol. The number of benzene rings is 1. The lowest BCUT2D eigenvalue weighted by Crippen LogP contribution is -2.23. The molecular weight excluding hydrogens is 443 g/mol. The summed E-state index contributed by atoms with van der Waals surface area (Å²) in [6.07, 6.45) is 2.62. The number of halogens is 1. The highest BCUT2D eigenvalue weighted by Gasteiger charge is 2.22. The SMILES string of the molecule is CCCCNC(=O)O/N=C\c1cc(Br)ccc1OP(=S)(OCC)OCC. The lowest BCUT2D eigenvalue weighted by atomic mass is 10.2. The number of rotatable bonds is 11. The molecule has 0 aliphatic heterocycles. The summed E-state index contributed by atoms with van der Waals surface area (Å²) in [4.78, 5) is 16.3. The molecule has 0 heterocycles. The van der Waals surface area contributed by atoms with Crippen molar-refractivity contribution < 1.29 is 23.2 Å². The van der Waals surface area contributed by atoms with Crippen LogP contribution in [0.25, 0.3) is 0 Å². The first kappa shape index (κ1) is 23.0. The van der Waals surface area contributed by atoms with Gasteiger partial charge in [0.15, 0.2) is 0 Å². The number of carbonyl (C=O) groups excluding carboxylic acids is 1. The summed E-state index contributed by atoms with van der Waals surface area (Å²) < 4.78 is 17.6. The number of nitrogens with zero attached hydrogens (tertiary/aromatic N) is 1. The first-order chi connectivity index (χ1) is 12.4. The second kappa shape index (κ2) is 12.4. The number of hydrogen-bond donors (Lipinski definition) is 1. The molecule has 1 aromatic rings. The van der Waals surface area contributed by atoms with E-state index < -0.39 is 12.8 Å². The van der Waals surface area contributed by atoms with Gasteiger partial charge in [-0.05, 0) is 38.5 Å². The standard InChI is InChI=1S/C16H24BrN2O5PS/c1-4-7-10-18-16(20)23-19-12-13-11-14(17)8-9-15(13)24-25(26,21-5-2)22-6-3/h8-9,11-12H,4-7,10H2,1-3H3,(H,18,20)/b19-12-. The zero-order valence-corrected chi connectivity index (χ0v) is 18.4. The fourth-order valence-electron chi connectivity index (χ4n) is 1.76. The minimum Gasteiger partial charge on any atom is -0.423 e. The summed E-state index contributed by atoms with van der Waals surface area (Å²) in [5, 5.41) is 6.30. The van der Waals surface area contributed by atoms with E-state index in [-0.39, 0.29) is 0 Å². The third kappa shape index (κ3) is 8.60. The summed E-state index contributed by atoms with van der Waals surface area (Å²) in [5.74, 6) is 0.428. The number of carbonyl (C=O) groups is 1. The Kier molecular flexibility index (Phi) is 11.0. The summed E-state index contributed by atoms with van der Waals surface area (Å²) in [7, 11) is 0. The van der Waals surface area contributed by atoms with Crippen LogP contribution in [0.3, 0.4) is 0 Å². The van der Waals surface area contributed by atoms with E-state index in [0.717, 1.165) is 17.3 Å². The Morgan fingerprint density at radius 1 is 1.31 bits per heavy atom. The smallest absolute Gasteiger partial charge is 0.423 e. The van der Waals surface area contributed by atoms with Crippen LogP contribution in [0, 0.1) is 0 Å². The van der Waals surface area contributed by atoms with Gasteiger partial charge in [0.25, 0.3) is 0 Å². The molecule has 0 atom stereocenters. The molecular formula is C16H24BrN2O5PS. The molecule has 146 valence electrons. The number of oxime groups is 1. The molecule has 10 heteroatoms. The Balaban J connectivity index is 2.85. The minimum absolute atomic E-state index is 0.373. The second-order valence-corrected chi connectivity index (χ2v) is 8.80. The van der Waals surface area contributed by atoms with Gasteiger partial charge in [-0.15, -0.1) is 0 Å². The molecule has 0 aliphatic rings. The predicted octanol–water partition coefficient (Wildman–Crippen LogP) is 4.99. The summed E-state index contributed by atoms with van der Waals surface area (Å²) in [6, 6.07) is 5.27. The van der Waals surface area contributed by atoms with Gasteiger partial charge < -0.3 is 9.84 Å². The van der Waals surface area contributed by atoms with Crippen LogP contribution in [0.4, 0.5) is 4.79 Å². The van der Waals surface area contributed by atoms with E-state index >= 15 is 0 Å². The highest BCUT2D eigenvalue weighted by molar-refractivity contribution is 9.10. The van der Waals surface area contributed by atoms with Gasteiger partial charge in [0, 0.05) is 28.4 Å². The maximum absolute atomic E-state index is 11.5. The van der Waals surface area contributed by atoms with Crippen LogP contribution in [0.15, 0.2) is 27.8 Å². The van der Waals surface area contributed by atoms with Crippen LogP contribution in [-0.2, 0) is 25.7 Å². The lowest BCUT2D eigenvalue weighted by Gasteiger charge is -2.22. The van der Waals surface area contributed by atoms with E-state index in [1.807, 2.05) is 20.8 Å². The topological polar surface area (TPSA) is 78.4 Å². The minimum atomic E-state index is -2.92. The first-order valence-corrected chi connectivity index (χ1v) is 11.7. The van der Waals surface area contributed by atoms with Gasteiger partial charge in [-0.25, -0.2) is 4.79 Å². The molecule has 0 radical (unpaired) electrons. The average Bonchev–Trinajstić information content (AvgIpc) is 2.58. The molecule has 0 fully saturated rings. The molecule has 26 heavy (non-hydrogen) atoms. The fraction of sp³-hybridized carbons (Fsp3) is 0.500. The first-order valence-electron chi connectivity index (χ1n) is 8.30. The van der Waals surface area contributed by atoms with Gasteiger partial charge in [0.1, 0.15) is 5.75 Å². The van der Waals surface area contributed by atoms with E-state index in [1.54, 1.807) is 18.2 Å². The predicted molar refractivity (Wildman–Crippen MR) is 109 cm³/mol. The van der Waals surface area contributed by atoms with Crippen LogP contribution in [0.2, 0.25) is 0 Å². The molecule has 1 N–H and O–H groups in total.